The summed E-state index contributed by atoms with van der Waals surface area (Å²) >= 11 is 3.26. The van der Waals surface area contributed by atoms with Crippen molar-refractivity contribution in [1.29, 1.82) is 0 Å². The molecule has 0 spiro atoms. The van der Waals surface area contributed by atoms with Gasteiger partial charge in [-0.05, 0) is 28.4 Å². The van der Waals surface area contributed by atoms with E-state index < -0.39 is 9.84 Å². The van der Waals surface area contributed by atoms with E-state index in [0.717, 1.165) is 0 Å². The Labute approximate surface area is 120 Å². The van der Waals surface area contributed by atoms with Crippen LogP contribution >= 0.6 is 15.9 Å². The molecule has 19 heavy (non-hydrogen) atoms. The Bertz CT molecular complexity index is 603. The second-order valence-electron chi connectivity index (χ2n) is 4.37. The van der Waals surface area contributed by atoms with Gasteiger partial charge >= 0.3 is 0 Å². The van der Waals surface area contributed by atoms with Crippen molar-refractivity contribution in [1.82, 2.24) is 10.3 Å². The molecule has 1 fully saturated rings. The molecule has 1 aliphatic rings. The molecule has 0 aliphatic carbocycles. The second kappa shape index (κ2) is 5.46. The number of anilines is 1. The number of aromatic nitrogens is 1. The Morgan fingerprint density at radius 2 is 2.26 bits per heavy atom. The van der Waals surface area contributed by atoms with Crippen LogP contribution in [0.25, 0.3) is 0 Å². The third-order valence-electron chi connectivity index (χ3n) is 2.90. The molecule has 1 atom stereocenters. The average molecular weight is 348 g/mol. The first-order valence-electron chi connectivity index (χ1n) is 5.76. The molecule has 1 unspecified atom stereocenters. The lowest BCUT2D eigenvalue weighted by atomic mass is 10.2. The Morgan fingerprint density at radius 1 is 1.53 bits per heavy atom. The van der Waals surface area contributed by atoms with Crippen LogP contribution in [-0.2, 0) is 9.84 Å². The molecular formula is C11H14BrN3O3S. The van der Waals surface area contributed by atoms with Gasteiger partial charge in [-0.2, -0.15) is 0 Å². The summed E-state index contributed by atoms with van der Waals surface area (Å²) < 4.78 is 23.4. The van der Waals surface area contributed by atoms with E-state index in [9.17, 15) is 13.2 Å². The Hall–Kier alpha value is -1.15. The van der Waals surface area contributed by atoms with Gasteiger partial charge in [-0.3, -0.25) is 4.79 Å². The van der Waals surface area contributed by atoms with Crippen LogP contribution in [0.2, 0.25) is 0 Å². The van der Waals surface area contributed by atoms with Gasteiger partial charge < -0.3 is 10.6 Å². The number of nitrogens with zero attached hydrogens (tertiary/aromatic N) is 1. The van der Waals surface area contributed by atoms with Gasteiger partial charge in [-0.1, -0.05) is 0 Å². The Kier molecular flexibility index (Phi) is 4.10. The summed E-state index contributed by atoms with van der Waals surface area (Å²) in [4.78, 5) is 16.2. The highest BCUT2D eigenvalue weighted by Crippen LogP contribution is 2.19. The molecule has 0 bridgehead atoms. The fraction of sp³-hybridized carbons (Fsp3) is 0.455. The van der Waals surface area contributed by atoms with Crippen LogP contribution < -0.4 is 10.6 Å². The van der Waals surface area contributed by atoms with Crippen molar-refractivity contribution in [2.24, 2.45) is 0 Å². The standard InChI is InChI=1S/C11H14BrN3O3S/c1-13-10-9(4-7(12)5-14-10)11(16)15-8-2-3-19(17,18)6-8/h4-5,8H,2-3,6H2,1H3,(H,13,14)(H,15,16). The molecule has 1 aromatic heterocycles. The van der Waals surface area contributed by atoms with Gasteiger partial charge in [-0.25, -0.2) is 13.4 Å². The monoisotopic (exact) mass is 347 g/mol. The number of pyridine rings is 1. The third kappa shape index (κ3) is 3.44. The lowest BCUT2D eigenvalue weighted by Crippen LogP contribution is -2.36. The van der Waals surface area contributed by atoms with Crippen LogP contribution in [0, 0.1) is 0 Å². The number of halogens is 1. The molecule has 2 N–H and O–H groups in total. The van der Waals surface area contributed by atoms with Crippen molar-refractivity contribution in [3.8, 4) is 0 Å². The van der Waals surface area contributed by atoms with Crippen molar-refractivity contribution in [2.45, 2.75) is 12.5 Å². The molecule has 0 radical (unpaired) electrons. The molecule has 2 rings (SSSR count). The van der Waals surface area contributed by atoms with E-state index in [0.29, 0.717) is 22.3 Å². The highest BCUT2D eigenvalue weighted by atomic mass is 79.9. The van der Waals surface area contributed by atoms with Gasteiger partial charge in [0, 0.05) is 23.8 Å². The van der Waals surface area contributed by atoms with Crippen LogP contribution in [-0.4, -0.2) is 43.9 Å². The van der Waals surface area contributed by atoms with E-state index >= 15 is 0 Å². The predicted octanol–water partition coefficient (Wildman–Crippen LogP) is 0.803. The third-order valence-corrected chi connectivity index (χ3v) is 5.11. The Morgan fingerprint density at radius 3 is 2.84 bits per heavy atom. The molecule has 1 aromatic rings. The van der Waals surface area contributed by atoms with E-state index in [2.05, 4.69) is 31.5 Å². The maximum absolute atomic E-state index is 12.1. The lowest BCUT2D eigenvalue weighted by Gasteiger charge is -2.13. The lowest BCUT2D eigenvalue weighted by molar-refractivity contribution is 0.0941. The molecule has 1 aliphatic heterocycles. The van der Waals surface area contributed by atoms with Crippen LogP contribution in [0.4, 0.5) is 5.82 Å². The van der Waals surface area contributed by atoms with Crippen molar-refractivity contribution in [3.63, 3.8) is 0 Å². The molecule has 104 valence electrons. The van der Waals surface area contributed by atoms with E-state index in [1.165, 1.54) is 0 Å². The SMILES string of the molecule is CNc1ncc(Br)cc1C(=O)NC1CCS(=O)(=O)C1. The van der Waals surface area contributed by atoms with Crippen molar-refractivity contribution in [2.75, 3.05) is 23.9 Å². The number of amides is 1. The maximum Gasteiger partial charge on any atom is 0.255 e. The number of carbonyl (C=O) groups is 1. The zero-order chi connectivity index (χ0) is 14.0. The molecule has 0 saturated carbocycles. The minimum Gasteiger partial charge on any atom is -0.372 e. The normalized spacial score (nSPS) is 21.1. The van der Waals surface area contributed by atoms with Gasteiger partial charge in [0.15, 0.2) is 9.84 Å². The van der Waals surface area contributed by atoms with Crippen molar-refractivity contribution in [3.05, 3.63) is 22.3 Å². The molecular weight excluding hydrogens is 334 g/mol. The summed E-state index contributed by atoms with van der Waals surface area (Å²) in [6.45, 7) is 0. The molecule has 1 amide bonds. The summed E-state index contributed by atoms with van der Waals surface area (Å²) in [7, 11) is -1.33. The van der Waals surface area contributed by atoms with Crippen LogP contribution in [0.15, 0.2) is 16.7 Å². The fourth-order valence-corrected chi connectivity index (χ4v) is 3.99. The van der Waals surface area contributed by atoms with Crippen LogP contribution in [0.3, 0.4) is 0 Å². The summed E-state index contributed by atoms with van der Waals surface area (Å²) in [5, 5.41) is 5.57. The second-order valence-corrected chi connectivity index (χ2v) is 7.52. The molecule has 0 aromatic carbocycles. The first-order chi connectivity index (χ1) is 8.91. The predicted molar refractivity (Wildman–Crippen MR) is 76.0 cm³/mol. The summed E-state index contributed by atoms with van der Waals surface area (Å²) in [6, 6.07) is 1.33. The van der Waals surface area contributed by atoms with E-state index in [-0.39, 0.29) is 23.5 Å². The van der Waals surface area contributed by atoms with Gasteiger partial charge in [0.2, 0.25) is 0 Å². The highest BCUT2D eigenvalue weighted by Gasteiger charge is 2.29. The van der Waals surface area contributed by atoms with Gasteiger partial charge in [-0.15, -0.1) is 0 Å². The number of hydrogen-bond acceptors (Lipinski definition) is 5. The van der Waals surface area contributed by atoms with Crippen molar-refractivity contribution < 1.29 is 13.2 Å². The minimum atomic E-state index is -3.00. The van der Waals surface area contributed by atoms with E-state index in [1.807, 2.05) is 0 Å². The molecule has 6 nitrogen and oxygen atoms in total. The van der Waals surface area contributed by atoms with E-state index in [4.69, 9.17) is 0 Å². The number of hydrogen-bond donors (Lipinski definition) is 2. The maximum atomic E-state index is 12.1. The fourth-order valence-electron chi connectivity index (χ4n) is 1.98. The summed E-state index contributed by atoms with van der Waals surface area (Å²) in [5.41, 5.74) is 0.390. The zero-order valence-electron chi connectivity index (χ0n) is 10.3. The zero-order valence-corrected chi connectivity index (χ0v) is 12.7. The van der Waals surface area contributed by atoms with Crippen molar-refractivity contribution >= 4 is 37.5 Å². The Balaban J connectivity index is 2.14. The quantitative estimate of drug-likeness (QED) is 0.844. The van der Waals surface area contributed by atoms with Gasteiger partial charge in [0.05, 0.1) is 17.1 Å². The highest BCUT2D eigenvalue weighted by molar-refractivity contribution is 9.10. The largest absolute Gasteiger partial charge is 0.372 e. The summed E-state index contributed by atoms with van der Waals surface area (Å²) in [6.07, 6.45) is 2.05. The minimum absolute atomic E-state index is 0.00899. The van der Waals surface area contributed by atoms with Crippen LogP contribution in [0.1, 0.15) is 16.8 Å². The molecule has 8 heteroatoms. The van der Waals surface area contributed by atoms with Gasteiger partial charge in [0.25, 0.3) is 5.91 Å². The first-order valence-corrected chi connectivity index (χ1v) is 8.37. The first kappa shape index (κ1) is 14.3. The smallest absolute Gasteiger partial charge is 0.255 e. The number of nitrogens with one attached hydrogen (secondary N) is 2. The topological polar surface area (TPSA) is 88.2 Å². The number of rotatable bonds is 3. The molecule has 1 saturated heterocycles. The summed E-state index contributed by atoms with van der Waals surface area (Å²) in [5.74, 6) is 0.282. The average Bonchev–Trinajstić information content (AvgIpc) is 2.68. The van der Waals surface area contributed by atoms with E-state index in [1.54, 1.807) is 19.3 Å². The van der Waals surface area contributed by atoms with Gasteiger partial charge in [0.1, 0.15) is 5.82 Å². The number of sulfone groups is 1. The van der Waals surface area contributed by atoms with Crippen LogP contribution in [0.5, 0.6) is 0 Å². The molecule has 2 heterocycles. The number of carbonyl (C=O) groups excluding carboxylic acids is 1.